The van der Waals surface area contributed by atoms with Gasteiger partial charge in [-0.05, 0) is 48.3 Å². The van der Waals surface area contributed by atoms with Gasteiger partial charge < -0.3 is 25.8 Å². The summed E-state index contributed by atoms with van der Waals surface area (Å²) in [7, 11) is -9.45. The largest absolute Gasteiger partial charge is 0.472 e. The number of nitrogens with zero attached hydrogens (tertiary/aromatic N) is 5. The first-order valence-electron chi connectivity index (χ1n) is 13.0. The van der Waals surface area contributed by atoms with Gasteiger partial charge in [0.15, 0.2) is 11.5 Å². The van der Waals surface area contributed by atoms with Crippen molar-refractivity contribution in [1.29, 1.82) is 0 Å². The van der Waals surface area contributed by atoms with Crippen molar-refractivity contribution < 1.29 is 46.2 Å². The number of hydrogen-bond donors (Lipinski definition) is 4. The van der Waals surface area contributed by atoms with Gasteiger partial charge in [0.1, 0.15) is 29.8 Å². The normalized spacial score (nSPS) is 37.5. The predicted octanol–water partition coefficient (Wildman–Crippen LogP) is 1.87. The highest BCUT2D eigenvalue weighted by molar-refractivity contribution is 7.47. The lowest BCUT2D eigenvalue weighted by Crippen LogP contribution is -2.40. The Morgan fingerprint density at radius 1 is 1.02 bits per heavy atom. The number of phosphoric acid groups is 2. The second-order valence-corrected chi connectivity index (χ2v) is 13.4. The summed E-state index contributed by atoms with van der Waals surface area (Å²) in [6, 6.07) is 2.20. The Bertz CT molecular complexity index is 1610. The molecule has 4 heterocycles. The Balaban J connectivity index is 1.24. The molecular weight excluding hydrogens is 599 g/mol. The zero-order valence-electron chi connectivity index (χ0n) is 21.9. The number of hydrogen-bond acceptors (Lipinski definition) is 12. The summed E-state index contributed by atoms with van der Waals surface area (Å²) >= 11 is 0. The van der Waals surface area contributed by atoms with Gasteiger partial charge >= 0.3 is 15.6 Å². The van der Waals surface area contributed by atoms with E-state index in [2.05, 4.69) is 19.9 Å². The molecule has 2 unspecified atom stereocenters. The van der Waals surface area contributed by atoms with Crippen molar-refractivity contribution in [3.05, 3.63) is 42.2 Å². The number of pyridine rings is 1. The molecule has 6 rings (SSSR count). The molecule has 42 heavy (non-hydrogen) atoms. The Morgan fingerprint density at radius 3 is 2.55 bits per heavy atom. The molecule has 3 aliphatic rings. The van der Waals surface area contributed by atoms with Crippen LogP contribution in [0, 0.1) is 17.8 Å². The molecule has 9 atom stereocenters. The van der Waals surface area contributed by atoms with Gasteiger partial charge in [-0.1, -0.05) is 0 Å². The van der Waals surface area contributed by atoms with E-state index in [1.54, 1.807) is 6.07 Å². The molecule has 2 saturated carbocycles. The van der Waals surface area contributed by atoms with Crippen LogP contribution >= 0.6 is 15.6 Å². The fourth-order valence-electron chi connectivity index (χ4n) is 5.97. The van der Waals surface area contributed by atoms with Crippen molar-refractivity contribution >= 4 is 38.5 Å². The Labute approximate surface area is 237 Å². The first kappa shape index (κ1) is 29.2. The van der Waals surface area contributed by atoms with Crippen LogP contribution in [0.1, 0.15) is 40.9 Å². The van der Waals surface area contributed by atoms with E-state index in [0.29, 0.717) is 12.0 Å². The third kappa shape index (κ3) is 5.58. The van der Waals surface area contributed by atoms with Gasteiger partial charge in [-0.2, -0.15) is 0 Å². The highest BCUT2D eigenvalue weighted by atomic mass is 31.2. The average molecular weight is 627 g/mol. The molecule has 1 aliphatic heterocycles. The van der Waals surface area contributed by atoms with Gasteiger partial charge in [-0.15, -0.1) is 0 Å². The number of aromatic nitrogens is 5. The molecular formula is C23H28FN7O9P2. The number of anilines is 1. The lowest BCUT2D eigenvalue weighted by molar-refractivity contribution is 0.00465. The number of nitrogen functional groups attached to an aromatic ring is 1. The standard InChI is InChI=1S/C23H28FN7O9P2/c24-18-17(31-10-30-19-21(25)28-9-29-23(19)31)5-13-7-37-41(33,34)39-8-15-12(6-38-42(35,36)40-20(13)18)3-14(15)11-1-2-27-16(4-11)22(26)32/h1-2,4,9-10,12-15,17-18,20H,3,5-8H2,(H2,26,32)(H,33,34)(H,35,36)(H2,25,28,29)/t12-,13-,14+,15-,17-,18+,20-/m1/s1. The Morgan fingerprint density at radius 2 is 1.76 bits per heavy atom. The molecule has 0 radical (unpaired) electrons. The van der Waals surface area contributed by atoms with E-state index in [1.807, 2.05) is 0 Å². The molecule has 0 aromatic carbocycles. The summed E-state index contributed by atoms with van der Waals surface area (Å²) in [5.41, 5.74) is 12.4. The van der Waals surface area contributed by atoms with E-state index in [9.17, 15) is 23.7 Å². The fourth-order valence-corrected chi connectivity index (χ4v) is 7.82. The number of primary amides is 1. The third-order valence-corrected chi connectivity index (χ3v) is 10.1. The molecule has 2 aliphatic carbocycles. The molecule has 3 fully saturated rings. The van der Waals surface area contributed by atoms with E-state index in [0.717, 1.165) is 0 Å². The molecule has 1 amide bonds. The number of carbonyl (C=O) groups excluding carboxylic acids is 1. The number of rotatable bonds is 3. The number of imidazole rings is 1. The molecule has 6 N–H and O–H groups in total. The fraction of sp³-hybridized carbons (Fsp3) is 0.522. The number of amides is 1. The number of carbonyl (C=O) groups is 1. The Kier molecular flexibility index (Phi) is 7.64. The Hall–Kier alpha value is -2.88. The summed E-state index contributed by atoms with van der Waals surface area (Å²) in [5, 5.41) is 0. The van der Waals surface area contributed by atoms with Crippen LogP contribution in [0.4, 0.5) is 10.2 Å². The van der Waals surface area contributed by atoms with Crippen LogP contribution in [0.2, 0.25) is 0 Å². The molecule has 226 valence electrons. The summed E-state index contributed by atoms with van der Waals surface area (Å²) < 4.78 is 64.4. The smallest absolute Gasteiger partial charge is 0.382 e. The molecule has 0 bridgehead atoms. The van der Waals surface area contributed by atoms with Crippen molar-refractivity contribution in [1.82, 2.24) is 24.5 Å². The van der Waals surface area contributed by atoms with Crippen LogP contribution in [0.5, 0.6) is 0 Å². The quantitative estimate of drug-likeness (QED) is 0.303. The van der Waals surface area contributed by atoms with Crippen LogP contribution in [0.3, 0.4) is 0 Å². The minimum Gasteiger partial charge on any atom is -0.382 e. The van der Waals surface area contributed by atoms with Crippen LogP contribution in [0.25, 0.3) is 11.2 Å². The molecule has 0 spiro atoms. The summed E-state index contributed by atoms with van der Waals surface area (Å²) in [6.07, 6.45) is 0.907. The number of halogens is 1. The molecule has 1 saturated heterocycles. The third-order valence-electron chi connectivity index (χ3n) is 8.17. The van der Waals surface area contributed by atoms with Crippen molar-refractivity contribution in [2.75, 3.05) is 25.6 Å². The van der Waals surface area contributed by atoms with Crippen molar-refractivity contribution in [2.24, 2.45) is 23.5 Å². The van der Waals surface area contributed by atoms with Crippen LogP contribution in [-0.2, 0) is 27.2 Å². The van der Waals surface area contributed by atoms with E-state index in [1.165, 1.54) is 29.5 Å². The van der Waals surface area contributed by atoms with Gasteiger partial charge in [-0.3, -0.25) is 27.9 Å². The summed E-state index contributed by atoms with van der Waals surface area (Å²) in [6.45, 7) is -1.06. The maximum absolute atomic E-state index is 15.9. The molecule has 16 nitrogen and oxygen atoms in total. The zero-order valence-corrected chi connectivity index (χ0v) is 23.7. The SMILES string of the molecule is NC(=O)c1cc([C@@H]2C[C@@H]3COP(=O)(O)O[C@@H]4[C@@H](COP(=O)(O)OC[C@H]32)C[C@@H](n2cnc3c(N)ncnc32)[C@@H]4F)ccn1. The number of alkyl halides is 1. The monoisotopic (exact) mass is 627 g/mol. The van der Waals surface area contributed by atoms with E-state index < -0.39 is 64.2 Å². The van der Waals surface area contributed by atoms with Crippen LogP contribution in [-0.4, -0.2) is 72.3 Å². The zero-order chi connectivity index (χ0) is 29.8. The second kappa shape index (κ2) is 11.0. The maximum atomic E-state index is 15.9. The first-order chi connectivity index (χ1) is 19.9. The lowest BCUT2D eigenvalue weighted by Gasteiger charge is -2.45. The molecule has 3 aromatic rings. The molecule has 19 heteroatoms. The number of fused-ring (bicyclic) bond motifs is 3. The van der Waals surface area contributed by atoms with Crippen molar-refractivity contribution in [2.45, 2.75) is 37.1 Å². The van der Waals surface area contributed by atoms with Crippen LogP contribution < -0.4 is 11.5 Å². The van der Waals surface area contributed by atoms with E-state index >= 15 is 4.39 Å². The predicted molar refractivity (Wildman–Crippen MR) is 141 cm³/mol. The minimum absolute atomic E-state index is 0.0290. The van der Waals surface area contributed by atoms with Crippen molar-refractivity contribution in [3.63, 3.8) is 0 Å². The molecule has 3 aromatic heterocycles. The highest BCUT2D eigenvalue weighted by Crippen LogP contribution is 2.57. The van der Waals surface area contributed by atoms with Crippen LogP contribution in [0.15, 0.2) is 31.0 Å². The van der Waals surface area contributed by atoms with Gasteiger partial charge in [0, 0.05) is 12.1 Å². The van der Waals surface area contributed by atoms with Gasteiger partial charge in [0.05, 0.1) is 32.2 Å². The number of phosphoric ester groups is 2. The maximum Gasteiger partial charge on any atom is 0.472 e. The summed E-state index contributed by atoms with van der Waals surface area (Å²) in [4.78, 5) is 48.7. The minimum atomic E-state index is -4.80. The van der Waals surface area contributed by atoms with Gasteiger partial charge in [-0.25, -0.2) is 28.5 Å². The van der Waals surface area contributed by atoms with E-state index in [4.69, 9.17) is 29.6 Å². The topological polar surface area (TPSA) is 237 Å². The second-order valence-electron chi connectivity index (χ2n) is 10.6. The summed E-state index contributed by atoms with van der Waals surface area (Å²) in [5.74, 6) is -2.70. The average Bonchev–Trinajstić information content (AvgIpc) is 3.48. The van der Waals surface area contributed by atoms with E-state index in [-0.39, 0.29) is 48.2 Å². The van der Waals surface area contributed by atoms with Gasteiger partial charge in [0.25, 0.3) is 5.91 Å². The number of nitrogens with two attached hydrogens (primary N) is 2. The lowest BCUT2D eigenvalue weighted by atomic mass is 9.63. The van der Waals surface area contributed by atoms with Gasteiger partial charge in [0.2, 0.25) is 0 Å². The van der Waals surface area contributed by atoms with Crippen molar-refractivity contribution in [3.8, 4) is 0 Å². The highest BCUT2D eigenvalue weighted by Gasteiger charge is 2.51. The first-order valence-corrected chi connectivity index (χ1v) is 16.0.